The molecule has 0 radical (unpaired) electrons. The molecule has 0 saturated carbocycles. The third-order valence-electron chi connectivity index (χ3n) is 2.41. The van der Waals surface area contributed by atoms with E-state index in [0.717, 1.165) is 10.1 Å². The number of nitrogens with zero attached hydrogens (tertiary/aromatic N) is 1. The van der Waals surface area contributed by atoms with E-state index in [1.54, 1.807) is 7.11 Å². The van der Waals surface area contributed by atoms with Crippen LogP contribution >= 0.6 is 0 Å². The fourth-order valence-corrected chi connectivity index (χ4v) is 1.62. The molecule has 1 aromatic carbocycles. The molecule has 0 aliphatic heterocycles. The van der Waals surface area contributed by atoms with Gasteiger partial charge >= 0.3 is 134 Å². The van der Waals surface area contributed by atoms with Gasteiger partial charge in [0.1, 0.15) is 0 Å². The van der Waals surface area contributed by atoms with Crippen LogP contribution in [0.25, 0.3) is 12.2 Å². The van der Waals surface area contributed by atoms with Crippen LogP contribution in [0, 0.1) is 0 Å². The summed E-state index contributed by atoms with van der Waals surface area (Å²) in [5, 5.41) is 0. The summed E-state index contributed by atoms with van der Waals surface area (Å²) in [6.07, 6.45) is 8.22. The summed E-state index contributed by atoms with van der Waals surface area (Å²) in [6, 6.07) is 8.41. The van der Waals surface area contributed by atoms with Crippen LogP contribution in [0.3, 0.4) is 0 Å². The van der Waals surface area contributed by atoms with Crippen LogP contribution in [0.4, 0.5) is 0 Å². The van der Waals surface area contributed by atoms with Gasteiger partial charge in [-0.15, -0.1) is 0 Å². The number of hydrogen-bond acceptors (Lipinski definition) is 2. The van der Waals surface area contributed by atoms with E-state index in [9.17, 15) is 0 Å². The molecule has 0 bridgehead atoms. The van der Waals surface area contributed by atoms with Gasteiger partial charge in [0.15, 0.2) is 0 Å². The van der Waals surface area contributed by atoms with Crippen LogP contribution in [0.2, 0.25) is 0 Å². The number of methoxy groups -OCH3 is 1. The van der Waals surface area contributed by atoms with Crippen LogP contribution in [0.5, 0.6) is 0 Å². The first kappa shape index (κ1) is 16.6. The van der Waals surface area contributed by atoms with Crippen LogP contribution in [0.1, 0.15) is 11.1 Å². The molecule has 0 spiro atoms. The summed E-state index contributed by atoms with van der Waals surface area (Å²) >= 11 is 4.31. The van der Waals surface area contributed by atoms with Gasteiger partial charge in [-0.1, -0.05) is 0 Å². The molecule has 0 heterocycles. The maximum atomic E-state index is 5.04. The number of benzene rings is 1. The summed E-state index contributed by atoms with van der Waals surface area (Å²) in [5.41, 5.74) is 2.36. The molecule has 0 aliphatic rings. The van der Waals surface area contributed by atoms with Crippen molar-refractivity contribution >= 4 is 20.7 Å². The Bertz CT molecular complexity index is 503. The second-order valence-electron chi connectivity index (χ2n) is 4.09. The molecule has 0 N–H and O–H groups in total. The molecule has 100 valence electrons. The van der Waals surface area contributed by atoms with E-state index < -0.39 is 0 Å². The van der Waals surface area contributed by atoms with Crippen molar-refractivity contribution in [2.45, 2.75) is 0 Å². The van der Waals surface area contributed by atoms with Crippen molar-refractivity contribution in [3.8, 4) is 0 Å². The first-order valence-electron chi connectivity index (χ1n) is 5.78. The average molecular weight is 463 g/mol. The summed E-state index contributed by atoms with van der Waals surface area (Å²) in [4.78, 5) is 2.13. The third kappa shape index (κ3) is 6.52. The average Bonchev–Trinajstić information content (AvgIpc) is 2.42. The third-order valence-corrected chi connectivity index (χ3v) is 4.68. The number of likely N-dealkylation sites (N-methyl/N-ethyl adjacent to an activating group) is 1. The molecule has 1 rings (SSSR count). The Morgan fingerprint density at radius 2 is 1.58 bits per heavy atom. The molecule has 2 nitrogen and oxygen atoms in total. The topological polar surface area (TPSA) is 12.5 Å². The van der Waals surface area contributed by atoms with Crippen molar-refractivity contribution in [1.29, 1.82) is 0 Å². The molecule has 0 fully saturated rings. The predicted molar refractivity (Wildman–Crippen MR) is 75.2 cm³/mol. The standard InChI is InChI=1S/C15H17NO.Cr.W/c1-16(2)12-4-6-14-8-10-15(11-9-14)7-5-13-17-3;;/h4-11H,1-3H3;;/b6-4+,7-5+;;. The van der Waals surface area contributed by atoms with Gasteiger partial charge in [0.2, 0.25) is 0 Å². The van der Waals surface area contributed by atoms with Crippen LogP contribution in [-0.2, 0) is 39.9 Å². The minimum absolute atomic E-state index is 0.781. The normalized spacial score (nSPS) is 11.6. The van der Waals surface area contributed by atoms with E-state index >= 15 is 0 Å². The van der Waals surface area contributed by atoms with Crippen molar-refractivity contribution in [2.24, 2.45) is 0 Å². The molecule has 0 saturated heterocycles. The molecule has 1 aromatic rings. The molecular weight excluding hydrogens is 446 g/mol. The zero-order valence-corrected chi connectivity index (χ0v) is 15.5. The van der Waals surface area contributed by atoms with Crippen molar-refractivity contribution in [1.82, 2.24) is 4.90 Å². The zero-order valence-electron chi connectivity index (χ0n) is 11.3. The van der Waals surface area contributed by atoms with Crippen LogP contribution in [0.15, 0.2) is 36.4 Å². The van der Waals surface area contributed by atoms with Gasteiger partial charge < -0.3 is 0 Å². The van der Waals surface area contributed by atoms with E-state index in [1.807, 2.05) is 12.2 Å². The maximum absolute atomic E-state index is 5.04. The van der Waals surface area contributed by atoms with E-state index in [-0.39, 0.29) is 0 Å². The van der Waals surface area contributed by atoms with Gasteiger partial charge in [0, 0.05) is 0 Å². The first-order valence-corrected chi connectivity index (χ1v) is 7.89. The Balaban J connectivity index is 2.69. The zero-order chi connectivity index (χ0) is 14.3. The van der Waals surface area contributed by atoms with E-state index in [4.69, 9.17) is 4.74 Å². The monoisotopic (exact) mass is 463 g/mol. The molecular formula is C15H17CrNOW. The summed E-state index contributed by atoms with van der Waals surface area (Å²) in [7, 11) is 5.77. The Kier molecular flexibility index (Phi) is 7.61. The Morgan fingerprint density at radius 1 is 1.11 bits per heavy atom. The molecule has 0 aliphatic carbocycles. The van der Waals surface area contributed by atoms with Gasteiger partial charge in [-0.2, -0.15) is 0 Å². The Morgan fingerprint density at radius 3 is 2.00 bits per heavy atom. The fraction of sp³-hybridized carbons (Fsp3) is 0.200. The number of hydrogen-bond donors (Lipinski definition) is 0. The molecule has 0 atom stereocenters. The first-order chi connectivity index (χ1) is 9.02. The summed E-state index contributed by atoms with van der Waals surface area (Å²) in [5.74, 6) is 0. The molecule has 19 heavy (non-hydrogen) atoms. The van der Waals surface area contributed by atoms with E-state index in [0.29, 0.717) is 0 Å². The Hall–Kier alpha value is -0.419. The quantitative estimate of drug-likeness (QED) is 0.643. The van der Waals surface area contributed by atoms with Crippen molar-refractivity contribution in [2.75, 3.05) is 21.2 Å². The Labute approximate surface area is 134 Å². The predicted octanol–water partition coefficient (Wildman–Crippen LogP) is 2.27. The van der Waals surface area contributed by atoms with E-state index in [1.165, 1.54) is 28.9 Å². The molecule has 0 amide bonds. The van der Waals surface area contributed by atoms with Crippen molar-refractivity contribution in [3.05, 3.63) is 47.5 Å². The van der Waals surface area contributed by atoms with Crippen LogP contribution in [-0.4, -0.2) is 34.7 Å². The second-order valence-corrected chi connectivity index (χ2v) is 6.22. The van der Waals surface area contributed by atoms with Gasteiger partial charge in [0.05, 0.1) is 0 Å². The molecule has 0 unspecified atom stereocenters. The van der Waals surface area contributed by atoms with Crippen LogP contribution < -0.4 is 0 Å². The minimum atomic E-state index is 0.781. The fourth-order valence-electron chi connectivity index (χ4n) is 1.27. The second kappa shape index (κ2) is 8.69. The van der Waals surface area contributed by atoms with Gasteiger partial charge in [-0.3, -0.25) is 0 Å². The van der Waals surface area contributed by atoms with Crippen molar-refractivity contribution in [3.63, 3.8) is 0 Å². The molecule has 4 heteroatoms. The number of ether oxygens (including phenoxy) is 1. The number of rotatable bonds is 6. The van der Waals surface area contributed by atoms with Gasteiger partial charge in [0.25, 0.3) is 0 Å². The van der Waals surface area contributed by atoms with E-state index in [2.05, 4.69) is 71.3 Å². The van der Waals surface area contributed by atoms with Gasteiger partial charge in [-0.05, 0) is 0 Å². The molecule has 0 aromatic heterocycles. The van der Waals surface area contributed by atoms with Gasteiger partial charge in [-0.25, -0.2) is 0 Å². The summed E-state index contributed by atoms with van der Waals surface area (Å²) < 4.78 is 7.13. The van der Waals surface area contributed by atoms with Crippen molar-refractivity contribution < 1.29 is 39.9 Å². The SMILES string of the molecule is CO[C](=[Cr])/C=C/c1ccc(/C=C/[C](=[W])N(C)C)cc1. The summed E-state index contributed by atoms with van der Waals surface area (Å²) in [6.45, 7) is 0.